The second kappa shape index (κ2) is 6.28. The van der Waals surface area contributed by atoms with Crippen LogP contribution in [0, 0.1) is 5.92 Å². The summed E-state index contributed by atoms with van der Waals surface area (Å²) in [7, 11) is 0. The Morgan fingerprint density at radius 3 is 2.38 bits per heavy atom. The summed E-state index contributed by atoms with van der Waals surface area (Å²) in [6, 6.07) is 9.34. The number of hydrogen-bond donors (Lipinski definition) is 2. The summed E-state index contributed by atoms with van der Waals surface area (Å²) in [6.45, 7) is 5.53. The van der Waals surface area contributed by atoms with Gasteiger partial charge in [0.1, 0.15) is 0 Å². The van der Waals surface area contributed by atoms with Crippen LogP contribution in [0.15, 0.2) is 30.3 Å². The molecule has 1 unspecified atom stereocenters. The summed E-state index contributed by atoms with van der Waals surface area (Å²) in [5.74, 6) is -0.701. The third kappa shape index (κ3) is 4.03. The minimum Gasteiger partial charge on any atom is -0.481 e. The van der Waals surface area contributed by atoms with Crippen molar-refractivity contribution in [2.75, 3.05) is 13.1 Å². The molecule has 0 amide bonds. The van der Waals surface area contributed by atoms with Crippen LogP contribution in [0.5, 0.6) is 0 Å². The Labute approximate surface area is 96.5 Å². The van der Waals surface area contributed by atoms with Gasteiger partial charge in [-0.2, -0.15) is 0 Å². The van der Waals surface area contributed by atoms with Crippen LogP contribution in [0.2, 0.25) is 0 Å². The van der Waals surface area contributed by atoms with E-state index in [9.17, 15) is 4.79 Å². The van der Waals surface area contributed by atoms with Gasteiger partial charge in [0.25, 0.3) is 0 Å². The van der Waals surface area contributed by atoms with Gasteiger partial charge in [0.2, 0.25) is 0 Å². The maximum atomic E-state index is 11.1. The van der Waals surface area contributed by atoms with Gasteiger partial charge in [0, 0.05) is 6.54 Å². The number of rotatable bonds is 6. The molecule has 2 N–H and O–H groups in total. The molecule has 3 heteroatoms. The van der Waals surface area contributed by atoms with Crippen LogP contribution in [0.3, 0.4) is 0 Å². The van der Waals surface area contributed by atoms with Gasteiger partial charge in [-0.25, -0.2) is 0 Å². The van der Waals surface area contributed by atoms with Crippen LogP contribution >= 0.6 is 0 Å². The molecule has 0 aromatic heterocycles. The second-order valence-electron chi connectivity index (χ2n) is 4.35. The fourth-order valence-electron chi connectivity index (χ4n) is 1.55. The van der Waals surface area contributed by atoms with Crippen molar-refractivity contribution in [1.29, 1.82) is 0 Å². The first-order chi connectivity index (χ1) is 7.61. The Morgan fingerprint density at radius 1 is 1.25 bits per heavy atom. The van der Waals surface area contributed by atoms with Gasteiger partial charge >= 0.3 is 5.97 Å². The predicted molar refractivity (Wildman–Crippen MR) is 64.5 cm³/mol. The van der Waals surface area contributed by atoms with E-state index in [2.05, 4.69) is 19.2 Å². The quantitative estimate of drug-likeness (QED) is 0.773. The third-order valence-corrected chi connectivity index (χ3v) is 2.40. The van der Waals surface area contributed by atoms with Crippen LogP contribution < -0.4 is 5.32 Å². The first-order valence-electron chi connectivity index (χ1n) is 5.59. The van der Waals surface area contributed by atoms with Crippen molar-refractivity contribution < 1.29 is 9.90 Å². The highest BCUT2D eigenvalue weighted by molar-refractivity contribution is 5.76. The summed E-state index contributed by atoms with van der Waals surface area (Å²) in [4.78, 5) is 11.1. The van der Waals surface area contributed by atoms with E-state index in [1.165, 1.54) is 0 Å². The maximum Gasteiger partial charge on any atom is 0.312 e. The smallest absolute Gasteiger partial charge is 0.312 e. The molecule has 0 aliphatic rings. The van der Waals surface area contributed by atoms with Crippen molar-refractivity contribution in [3.8, 4) is 0 Å². The average Bonchev–Trinajstić information content (AvgIpc) is 2.25. The van der Waals surface area contributed by atoms with E-state index in [0.717, 1.165) is 12.1 Å². The average molecular weight is 221 g/mol. The van der Waals surface area contributed by atoms with Crippen molar-refractivity contribution in [1.82, 2.24) is 5.32 Å². The van der Waals surface area contributed by atoms with Crippen LogP contribution in [0.1, 0.15) is 25.3 Å². The Morgan fingerprint density at radius 2 is 1.88 bits per heavy atom. The zero-order valence-corrected chi connectivity index (χ0v) is 9.81. The van der Waals surface area contributed by atoms with Crippen molar-refractivity contribution in [3.63, 3.8) is 0 Å². The van der Waals surface area contributed by atoms with Crippen molar-refractivity contribution in [2.24, 2.45) is 5.92 Å². The largest absolute Gasteiger partial charge is 0.481 e. The zero-order chi connectivity index (χ0) is 12.0. The summed E-state index contributed by atoms with van der Waals surface area (Å²) in [6.07, 6.45) is 0. The number of hydrogen-bond acceptors (Lipinski definition) is 2. The molecule has 0 saturated heterocycles. The van der Waals surface area contributed by atoms with E-state index in [0.29, 0.717) is 12.5 Å². The van der Waals surface area contributed by atoms with Crippen LogP contribution in [0.4, 0.5) is 0 Å². The molecule has 1 aromatic rings. The highest BCUT2D eigenvalue weighted by Gasteiger charge is 2.18. The standard InChI is InChI=1S/C13H19NO2/c1-10(2)8-14-9-12(13(15)16)11-6-4-3-5-7-11/h3-7,10,12,14H,8-9H2,1-2H3,(H,15,16). The fourth-order valence-corrected chi connectivity index (χ4v) is 1.55. The van der Waals surface area contributed by atoms with Gasteiger partial charge in [0.05, 0.1) is 5.92 Å². The molecule has 1 atom stereocenters. The number of carboxylic acid groups (broad SMARTS) is 1. The normalized spacial score (nSPS) is 12.7. The lowest BCUT2D eigenvalue weighted by molar-refractivity contribution is -0.138. The van der Waals surface area contributed by atoms with Crippen molar-refractivity contribution in [3.05, 3.63) is 35.9 Å². The molecular weight excluding hydrogens is 202 g/mol. The maximum absolute atomic E-state index is 11.1. The third-order valence-electron chi connectivity index (χ3n) is 2.40. The predicted octanol–water partition coefficient (Wildman–Crippen LogP) is 2.10. The Balaban J connectivity index is 2.59. The van der Waals surface area contributed by atoms with E-state index in [1.807, 2.05) is 30.3 Å². The van der Waals surface area contributed by atoms with Crippen molar-refractivity contribution in [2.45, 2.75) is 19.8 Å². The minimum absolute atomic E-state index is 0.458. The molecule has 0 aliphatic carbocycles. The lowest BCUT2D eigenvalue weighted by Crippen LogP contribution is -2.29. The monoisotopic (exact) mass is 221 g/mol. The van der Waals surface area contributed by atoms with E-state index < -0.39 is 11.9 Å². The second-order valence-corrected chi connectivity index (χ2v) is 4.35. The summed E-state index contributed by atoms with van der Waals surface area (Å²) < 4.78 is 0. The molecule has 3 nitrogen and oxygen atoms in total. The fraction of sp³-hybridized carbons (Fsp3) is 0.462. The highest BCUT2D eigenvalue weighted by atomic mass is 16.4. The first-order valence-corrected chi connectivity index (χ1v) is 5.59. The molecule has 0 spiro atoms. The Bertz CT molecular complexity index is 322. The van der Waals surface area contributed by atoms with E-state index in [-0.39, 0.29) is 0 Å². The summed E-state index contributed by atoms with van der Waals surface area (Å²) >= 11 is 0. The number of aliphatic carboxylic acids is 1. The van der Waals surface area contributed by atoms with Crippen LogP contribution in [0.25, 0.3) is 0 Å². The molecule has 1 rings (SSSR count). The zero-order valence-electron chi connectivity index (χ0n) is 9.81. The number of carbonyl (C=O) groups is 1. The number of benzene rings is 1. The SMILES string of the molecule is CC(C)CNCC(C(=O)O)c1ccccc1. The molecule has 0 radical (unpaired) electrons. The Hall–Kier alpha value is -1.35. The van der Waals surface area contributed by atoms with E-state index in [4.69, 9.17) is 5.11 Å². The van der Waals surface area contributed by atoms with Crippen LogP contribution in [-0.4, -0.2) is 24.2 Å². The number of carboxylic acids is 1. The molecule has 88 valence electrons. The van der Waals surface area contributed by atoms with Gasteiger partial charge in [-0.1, -0.05) is 44.2 Å². The molecule has 0 fully saturated rings. The topological polar surface area (TPSA) is 49.3 Å². The first kappa shape index (κ1) is 12.7. The molecule has 1 aromatic carbocycles. The molecule has 16 heavy (non-hydrogen) atoms. The van der Waals surface area contributed by atoms with Gasteiger partial charge in [-0.3, -0.25) is 4.79 Å². The lowest BCUT2D eigenvalue weighted by atomic mass is 9.99. The molecule has 0 saturated carbocycles. The molecule has 0 bridgehead atoms. The van der Waals surface area contributed by atoms with Crippen molar-refractivity contribution >= 4 is 5.97 Å². The summed E-state index contributed by atoms with van der Waals surface area (Å²) in [5, 5.41) is 12.3. The minimum atomic E-state index is -0.776. The van der Waals surface area contributed by atoms with Gasteiger partial charge in [0.15, 0.2) is 0 Å². The van der Waals surface area contributed by atoms with E-state index >= 15 is 0 Å². The Kier molecular flexibility index (Phi) is 4.99. The molecule has 0 aliphatic heterocycles. The summed E-state index contributed by atoms with van der Waals surface area (Å²) in [5.41, 5.74) is 0.853. The highest BCUT2D eigenvalue weighted by Crippen LogP contribution is 2.14. The van der Waals surface area contributed by atoms with Gasteiger partial charge in [-0.15, -0.1) is 0 Å². The lowest BCUT2D eigenvalue weighted by Gasteiger charge is -2.14. The van der Waals surface area contributed by atoms with Gasteiger partial charge in [-0.05, 0) is 18.0 Å². The number of nitrogens with one attached hydrogen (secondary N) is 1. The van der Waals surface area contributed by atoms with E-state index in [1.54, 1.807) is 0 Å². The van der Waals surface area contributed by atoms with Gasteiger partial charge < -0.3 is 10.4 Å². The molecular formula is C13H19NO2. The van der Waals surface area contributed by atoms with Crippen LogP contribution in [-0.2, 0) is 4.79 Å². The molecule has 0 heterocycles.